The van der Waals surface area contributed by atoms with Gasteiger partial charge in [0.15, 0.2) is 0 Å². The van der Waals surface area contributed by atoms with E-state index in [4.69, 9.17) is 0 Å². The Kier molecular flexibility index (Phi) is 6.50. The van der Waals surface area contributed by atoms with Gasteiger partial charge in [-0.15, -0.1) is 0 Å². The fraction of sp³-hybridized carbons (Fsp3) is 0.423. The molecular formula is C26H29FN2O. The second kappa shape index (κ2) is 9.45. The normalized spacial score (nSPS) is 18.0. The highest BCUT2D eigenvalue weighted by Gasteiger charge is 2.36. The van der Waals surface area contributed by atoms with E-state index >= 15 is 0 Å². The summed E-state index contributed by atoms with van der Waals surface area (Å²) in [6.45, 7) is 0.689. The maximum atomic E-state index is 13.0. The third-order valence-corrected chi connectivity index (χ3v) is 6.08. The van der Waals surface area contributed by atoms with Gasteiger partial charge in [0.1, 0.15) is 5.82 Å². The van der Waals surface area contributed by atoms with Crippen LogP contribution in [0.2, 0.25) is 0 Å². The molecular weight excluding hydrogens is 375 g/mol. The van der Waals surface area contributed by atoms with Crippen LogP contribution in [0.15, 0.2) is 48.5 Å². The number of amides is 1. The topological polar surface area (TPSA) is 41.1 Å². The summed E-state index contributed by atoms with van der Waals surface area (Å²) in [5, 5.41) is 7.02. The van der Waals surface area contributed by atoms with Crippen LogP contribution in [-0.2, 0) is 0 Å². The molecule has 0 bridgehead atoms. The molecule has 2 N–H and O–H groups in total. The number of carbonyl (C=O) groups excluding carboxylic acids is 1. The van der Waals surface area contributed by atoms with Gasteiger partial charge in [-0.05, 0) is 74.2 Å². The summed E-state index contributed by atoms with van der Waals surface area (Å²) in [4.78, 5) is 12.7. The second-order valence-corrected chi connectivity index (χ2v) is 8.63. The lowest BCUT2D eigenvalue weighted by Gasteiger charge is -2.34. The van der Waals surface area contributed by atoms with Gasteiger partial charge in [-0.2, -0.15) is 0 Å². The van der Waals surface area contributed by atoms with Gasteiger partial charge in [-0.3, -0.25) is 4.79 Å². The van der Waals surface area contributed by atoms with Crippen LogP contribution in [0, 0.1) is 17.7 Å². The molecule has 4 heteroatoms. The van der Waals surface area contributed by atoms with E-state index < -0.39 is 0 Å². The van der Waals surface area contributed by atoms with Crippen molar-refractivity contribution in [1.82, 2.24) is 10.6 Å². The number of rotatable bonds is 5. The largest absolute Gasteiger partial charge is 0.350 e. The Bertz CT molecular complexity index is 912. The lowest BCUT2D eigenvalue weighted by molar-refractivity contribution is 0.0934. The first-order chi connectivity index (χ1) is 14.6. The van der Waals surface area contributed by atoms with Gasteiger partial charge in [-0.25, -0.2) is 4.39 Å². The number of hydrogen-bond donors (Lipinski definition) is 2. The number of carbonyl (C=O) groups is 1. The number of hydrogen-bond acceptors (Lipinski definition) is 2. The molecule has 3 nitrogen and oxygen atoms in total. The highest BCUT2D eigenvalue weighted by Crippen LogP contribution is 2.31. The molecule has 0 spiro atoms. The maximum absolute atomic E-state index is 13.0. The molecule has 2 saturated carbocycles. The lowest BCUT2D eigenvalue weighted by atomic mass is 9.89. The molecule has 0 aliphatic heterocycles. The van der Waals surface area contributed by atoms with Crippen LogP contribution >= 0.6 is 0 Å². The Labute approximate surface area is 178 Å². The maximum Gasteiger partial charge on any atom is 0.251 e. The predicted octanol–water partition coefficient (Wildman–Crippen LogP) is 4.80. The summed E-state index contributed by atoms with van der Waals surface area (Å²) in [6, 6.07) is 14.1. The van der Waals surface area contributed by atoms with E-state index in [1.165, 1.54) is 50.7 Å². The van der Waals surface area contributed by atoms with Gasteiger partial charge in [0, 0.05) is 34.8 Å². The molecule has 0 atom stereocenters. The summed E-state index contributed by atoms with van der Waals surface area (Å²) in [7, 11) is 0. The molecule has 4 rings (SSSR count). The van der Waals surface area contributed by atoms with Crippen molar-refractivity contribution in [2.45, 2.75) is 62.9 Å². The number of benzene rings is 2. The van der Waals surface area contributed by atoms with Crippen molar-refractivity contribution < 1.29 is 9.18 Å². The first-order valence-corrected chi connectivity index (χ1v) is 11.1. The minimum atomic E-state index is -0.270. The molecule has 2 aromatic rings. The second-order valence-electron chi connectivity index (χ2n) is 8.63. The molecule has 0 radical (unpaired) electrons. The lowest BCUT2D eigenvalue weighted by Crippen LogP contribution is -2.54. The van der Waals surface area contributed by atoms with Gasteiger partial charge >= 0.3 is 0 Å². The van der Waals surface area contributed by atoms with Gasteiger partial charge in [0.05, 0.1) is 0 Å². The van der Waals surface area contributed by atoms with Crippen molar-refractivity contribution in [3.8, 4) is 11.8 Å². The Hall–Kier alpha value is -2.64. The van der Waals surface area contributed by atoms with E-state index in [0.717, 1.165) is 24.0 Å². The number of halogens is 1. The molecule has 156 valence electrons. The zero-order chi connectivity index (χ0) is 20.8. The highest BCUT2D eigenvalue weighted by atomic mass is 19.1. The first kappa shape index (κ1) is 20.6. The van der Waals surface area contributed by atoms with Gasteiger partial charge in [0.2, 0.25) is 0 Å². The zero-order valence-corrected chi connectivity index (χ0v) is 17.3. The van der Waals surface area contributed by atoms with Gasteiger partial charge in [0.25, 0.3) is 5.91 Å². The fourth-order valence-electron chi connectivity index (χ4n) is 4.17. The van der Waals surface area contributed by atoms with E-state index in [1.807, 2.05) is 24.3 Å². The van der Waals surface area contributed by atoms with Crippen molar-refractivity contribution in [3.63, 3.8) is 0 Å². The molecule has 2 aliphatic carbocycles. The first-order valence-electron chi connectivity index (χ1n) is 11.1. The summed E-state index contributed by atoms with van der Waals surface area (Å²) < 4.78 is 13.0. The van der Waals surface area contributed by atoms with Crippen LogP contribution in [0.25, 0.3) is 0 Å². The molecule has 0 heterocycles. The Balaban J connectivity index is 1.36. The average Bonchev–Trinajstić information content (AvgIpc) is 3.60. The standard InChI is InChI=1S/C26H29FN2O/c27-23-13-9-21(10-14-23)6-5-20-7-11-22(12-8-20)25(30)28-19-26(29-24-15-16-24)17-3-1-2-4-18-26/h7-14,24,29H,1-4,15-19H2,(H,28,30). The van der Waals surface area contributed by atoms with Crippen molar-refractivity contribution in [3.05, 3.63) is 71.0 Å². The molecule has 2 aromatic carbocycles. The summed E-state index contributed by atoms with van der Waals surface area (Å²) in [6.07, 6.45) is 9.86. The molecule has 1 amide bonds. The van der Waals surface area contributed by atoms with Crippen molar-refractivity contribution in [1.29, 1.82) is 0 Å². The Morgan fingerprint density at radius 3 is 2.03 bits per heavy atom. The average molecular weight is 405 g/mol. The predicted molar refractivity (Wildman–Crippen MR) is 118 cm³/mol. The van der Waals surface area contributed by atoms with Gasteiger partial charge in [-0.1, -0.05) is 37.5 Å². The number of nitrogens with one attached hydrogen (secondary N) is 2. The SMILES string of the molecule is O=C(NCC1(NC2CC2)CCCCCC1)c1ccc(C#Cc2ccc(F)cc2)cc1. The molecule has 2 fully saturated rings. The fourth-order valence-corrected chi connectivity index (χ4v) is 4.17. The minimum absolute atomic E-state index is 0.0331. The summed E-state index contributed by atoms with van der Waals surface area (Å²) >= 11 is 0. The van der Waals surface area contributed by atoms with E-state index in [2.05, 4.69) is 22.5 Å². The van der Waals surface area contributed by atoms with Crippen LogP contribution in [0.4, 0.5) is 4.39 Å². The molecule has 2 aliphatic rings. The highest BCUT2D eigenvalue weighted by molar-refractivity contribution is 5.94. The molecule has 0 aromatic heterocycles. The van der Waals surface area contributed by atoms with Crippen molar-refractivity contribution in [2.24, 2.45) is 0 Å². The molecule has 0 unspecified atom stereocenters. The molecule has 0 saturated heterocycles. The van der Waals surface area contributed by atoms with Crippen LogP contribution in [0.5, 0.6) is 0 Å². The van der Waals surface area contributed by atoms with Crippen LogP contribution in [0.3, 0.4) is 0 Å². The van der Waals surface area contributed by atoms with E-state index in [0.29, 0.717) is 18.2 Å². The third-order valence-electron chi connectivity index (χ3n) is 6.08. The van der Waals surface area contributed by atoms with Gasteiger partial charge < -0.3 is 10.6 Å². The smallest absolute Gasteiger partial charge is 0.251 e. The van der Waals surface area contributed by atoms with Crippen LogP contribution in [-0.4, -0.2) is 24.0 Å². The summed E-state index contributed by atoms with van der Waals surface area (Å²) in [5.74, 6) is 5.77. The van der Waals surface area contributed by atoms with Crippen molar-refractivity contribution in [2.75, 3.05) is 6.54 Å². The van der Waals surface area contributed by atoms with E-state index in [-0.39, 0.29) is 17.3 Å². The Morgan fingerprint density at radius 2 is 1.47 bits per heavy atom. The quantitative estimate of drug-likeness (QED) is 0.555. The van der Waals surface area contributed by atoms with E-state index in [1.54, 1.807) is 12.1 Å². The van der Waals surface area contributed by atoms with Crippen LogP contribution in [0.1, 0.15) is 72.9 Å². The van der Waals surface area contributed by atoms with Crippen molar-refractivity contribution >= 4 is 5.91 Å². The van der Waals surface area contributed by atoms with Crippen LogP contribution < -0.4 is 10.6 Å². The third kappa shape index (κ3) is 5.70. The monoisotopic (exact) mass is 404 g/mol. The minimum Gasteiger partial charge on any atom is -0.350 e. The summed E-state index contributed by atoms with van der Waals surface area (Å²) in [5.41, 5.74) is 2.28. The van der Waals surface area contributed by atoms with E-state index in [9.17, 15) is 9.18 Å². The zero-order valence-electron chi connectivity index (χ0n) is 17.3. The Morgan fingerprint density at radius 1 is 0.900 bits per heavy atom. The molecule has 30 heavy (non-hydrogen) atoms.